The highest BCUT2D eigenvalue weighted by Crippen LogP contribution is 2.29. The van der Waals surface area contributed by atoms with Crippen LogP contribution in [0.25, 0.3) is 0 Å². The predicted octanol–water partition coefficient (Wildman–Crippen LogP) is 2.17. The van der Waals surface area contributed by atoms with Gasteiger partial charge >= 0.3 is 0 Å². The summed E-state index contributed by atoms with van der Waals surface area (Å²) in [5, 5.41) is 3.67. The summed E-state index contributed by atoms with van der Waals surface area (Å²) in [7, 11) is 0. The van der Waals surface area contributed by atoms with Crippen molar-refractivity contribution < 1.29 is 0 Å². The van der Waals surface area contributed by atoms with E-state index in [2.05, 4.69) is 12.2 Å². The Labute approximate surface area is 69.6 Å². The van der Waals surface area contributed by atoms with Gasteiger partial charge in [0.15, 0.2) is 0 Å². The van der Waals surface area contributed by atoms with Gasteiger partial charge in [0.05, 0.1) is 0 Å². The van der Waals surface area contributed by atoms with E-state index in [1.165, 1.54) is 38.6 Å². The average molecular weight is 153 g/mol. The monoisotopic (exact) mass is 153 g/mol. The Morgan fingerprint density at radius 3 is 3.00 bits per heavy atom. The van der Waals surface area contributed by atoms with E-state index in [-0.39, 0.29) is 0 Å². The first kappa shape index (κ1) is 7.60. The minimum Gasteiger partial charge on any atom is -0.314 e. The maximum absolute atomic E-state index is 3.67. The van der Waals surface area contributed by atoms with Crippen molar-refractivity contribution in [2.24, 2.45) is 11.8 Å². The Morgan fingerprint density at radius 1 is 1.18 bits per heavy atom. The molecule has 3 atom stereocenters. The summed E-state index contributed by atoms with van der Waals surface area (Å²) >= 11 is 0. The van der Waals surface area contributed by atoms with Gasteiger partial charge < -0.3 is 5.32 Å². The van der Waals surface area contributed by atoms with Gasteiger partial charge in [0.2, 0.25) is 0 Å². The van der Waals surface area contributed by atoms with E-state index in [4.69, 9.17) is 0 Å². The molecular weight excluding hydrogens is 134 g/mol. The molecule has 2 aliphatic heterocycles. The van der Waals surface area contributed by atoms with E-state index in [1.807, 2.05) is 0 Å². The smallest absolute Gasteiger partial charge is 0.00697 e. The second kappa shape index (κ2) is 3.14. The second-order valence-corrected chi connectivity index (χ2v) is 4.48. The minimum atomic E-state index is 0.859. The van der Waals surface area contributed by atoms with Gasteiger partial charge in [-0.2, -0.15) is 0 Å². The molecule has 2 fully saturated rings. The van der Waals surface area contributed by atoms with Gasteiger partial charge in [0.25, 0.3) is 0 Å². The second-order valence-electron chi connectivity index (χ2n) is 4.48. The molecule has 0 aromatic carbocycles. The van der Waals surface area contributed by atoms with Gasteiger partial charge in [0, 0.05) is 6.04 Å². The van der Waals surface area contributed by atoms with Gasteiger partial charge in [-0.25, -0.2) is 0 Å². The maximum atomic E-state index is 3.67. The number of hydrogen-bond donors (Lipinski definition) is 1. The number of rotatable bonds is 0. The Morgan fingerprint density at radius 2 is 2.09 bits per heavy atom. The van der Waals surface area contributed by atoms with Gasteiger partial charge in [-0.3, -0.25) is 0 Å². The maximum Gasteiger partial charge on any atom is 0.00697 e. The van der Waals surface area contributed by atoms with Crippen molar-refractivity contribution >= 4 is 0 Å². The van der Waals surface area contributed by atoms with E-state index < -0.39 is 0 Å². The van der Waals surface area contributed by atoms with Crippen molar-refractivity contribution in [3.05, 3.63) is 0 Å². The van der Waals surface area contributed by atoms with Gasteiger partial charge in [-0.1, -0.05) is 13.3 Å². The van der Waals surface area contributed by atoms with Crippen molar-refractivity contribution in [3.8, 4) is 0 Å². The Kier molecular flexibility index (Phi) is 2.17. The van der Waals surface area contributed by atoms with Crippen LogP contribution in [-0.4, -0.2) is 12.6 Å². The highest BCUT2D eigenvalue weighted by molar-refractivity contribution is 4.82. The summed E-state index contributed by atoms with van der Waals surface area (Å²) in [4.78, 5) is 0. The molecule has 2 aliphatic rings. The van der Waals surface area contributed by atoms with Crippen LogP contribution in [0.5, 0.6) is 0 Å². The molecule has 2 bridgehead atoms. The molecule has 1 N–H and O–H groups in total. The van der Waals surface area contributed by atoms with Crippen LogP contribution in [-0.2, 0) is 0 Å². The van der Waals surface area contributed by atoms with Crippen molar-refractivity contribution in [3.63, 3.8) is 0 Å². The fourth-order valence-electron chi connectivity index (χ4n) is 2.74. The molecule has 64 valence electrons. The van der Waals surface area contributed by atoms with Crippen molar-refractivity contribution in [2.45, 2.75) is 45.1 Å². The lowest BCUT2D eigenvalue weighted by Crippen LogP contribution is -2.28. The molecule has 1 heteroatoms. The minimum absolute atomic E-state index is 0.859. The van der Waals surface area contributed by atoms with E-state index >= 15 is 0 Å². The molecule has 0 radical (unpaired) electrons. The fourth-order valence-corrected chi connectivity index (χ4v) is 2.74. The molecule has 11 heavy (non-hydrogen) atoms. The first-order chi connectivity index (χ1) is 5.34. The summed E-state index contributed by atoms with van der Waals surface area (Å²) in [5.74, 6) is 1.97. The molecular formula is C10H19N. The van der Waals surface area contributed by atoms with Crippen LogP contribution in [0.1, 0.15) is 39.0 Å². The molecule has 2 heterocycles. The van der Waals surface area contributed by atoms with Crippen LogP contribution >= 0.6 is 0 Å². The first-order valence-electron chi connectivity index (χ1n) is 5.08. The lowest BCUT2D eigenvalue weighted by Gasteiger charge is -2.20. The predicted molar refractivity (Wildman–Crippen MR) is 47.5 cm³/mol. The van der Waals surface area contributed by atoms with Crippen LogP contribution in [0.3, 0.4) is 0 Å². The third-order valence-electron chi connectivity index (χ3n) is 3.28. The van der Waals surface area contributed by atoms with Gasteiger partial charge in [0.1, 0.15) is 0 Å². The molecule has 0 saturated carbocycles. The van der Waals surface area contributed by atoms with E-state index in [1.54, 1.807) is 0 Å². The van der Waals surface area contributed by atoms with Crippen LogP contribution in [0.4, 0.5) is 0 Å². The van der Waals surface area contributed by atoms with Crippen LogP contribution in [0.15, 0.2) is 0 Å². The zero-order chi connectivity index (χ0) is 7.68. The van der Waals surface area contributed by atoms with Crippen molar-refractivity contribution in [2.75, 3.05) is 6.54 Å². The third-order valence-corrected chi connectivity index (χ3v) is 3.28. The van der Waals surface area contributed by atoms with Crippen LogP contribution < -0.4 is 5.32 Å². The molecule has 0 spiro atoms. The first-order valence-corrected chi connectivity index (χ1v) is 5.08. The van der Waals surface area contributed by atoms with E-state index in [9.17, 15) is 0 Å². The third kappa shape index (κ3) is 1.76. The summed E-state index contributed by atoms with van der Waals surface area (Å²) in [5.41, 5.74) is 0. The quantitative estimate of drug-likeness (QED) is 0.562. The molecule has 2 rings (SSSR count). The normalized spacial score (nSPS) is 45.0. The van der Waals surface area contributed by atoms with Gasteiger partial charge in [-0.05, 0) is 44.1 Å². The highest BCUT2D eigenvalue weighted by Gasteiger charge is 2.25. The van der Waals surface area contributed by atoms with Gasteiger partial charge in [-0.15, -0.1) is 0 Å². The zero-order valence-corrected chi connectivity index (χ0v) is 7.47. The van der Waals surface area contributed by atoms with Crippen LogP contribution in [0.2, 0.25) is 0 Å². The molecule has 0 amide bonds. The number of hydrogen-bond acceptors (Lipinski definition) is 1. The molecule has 0 aromatic rings. The van der Waals surface area contributed by atoms with Crippen molar-refractivity contribution in [1.82, 2.24) is 5.32 Å². The lowest BCUT2D eigenvalue weighted by molar-refractivity contribution is 0.348. The standard InChI is InChI=1S/C10H19N/c1-8-5-9-3-2-4-10(6-8)11-7-9/h8-11H,2-7H2,1H3. The zero-order valence-electron chi connectivity index (χ0n) is 7.47. The Balaban J connectivity index is 2.04. The average Bonchev–Trinajstić information content (AvgIpc) is 2.19. The molecule has 0 aliphatic carbocycles. The topological polar surface area (TPSA) is 12.0 Å². The van der Waals surface area contributed by atoms with E-state index in [0.29, 0.717) is 0 Å². The van der Waals surface area contributed by atoms with E-state index in [0.717, 1.165) is 17.9 Å². The molecule has 3 unspecified atom stereocenters. The molecule has 0 aromatic heterocycles. The Hall–Kier alpha value is -0.0400. The SMILES string of the molecule is CC1CC2CCCC(C1)NC2. The fraction of sp³-hybridized carbons (Fsp3) is 1.00. The largest absolute Gasteiger partial charge is 0.314 e. The summed E-state index contributed by atoms with van der Waals surface area (Å²) in [6, 6.07) is 0.859. The lowest BCUT2D eigenvalue weighted by atomic mass is 9.86. The highest BCUT2D eigenvalue weighted by atomic mass is 14.9. The molecule has 2 saturated heterocycles. The summed E-state index contributed by atoms with van der Waals surface area (Å²) in [6.07, 6.45) is 7.28. The van der Waals surface area contributed by atoms with Crippen LogP contribution in [0, 0.1) is 11.8 Å². The van der Waals surface area contributed by atoms with Crippen molar-refractivity contribution in [1.29, 1.82) is 0 Å². The Bertz CT molecular complexity index is 119. The number of nitrogens with one attached hydrogen (secondary N) is 1. The number of fused-ring (bicyclic) bond motifs is 3. The summed E-state index contributed by atoms with van der Waals surface area (Å²) < 4.78 is 0. The molecule has 1 nitrogen and oxygen atoms in total. The summed E-state index contributed by atoms with van der Waals surface area (Å²) in [6.45, 7) is 3.72.